The summed E-state index contributed by atoms with van der Waals surface area (Å²) in [7, 11) is 0. The molecule has 0 aromatic heterocycles. The Bertz CT molecular complexity index is 614. The smallest absolute Gasteiger partial charge is 0.416 e. The van der Waals surface area contributed by atoms with Gasteiger partial charge < -0.3 is 10.5 Å². The van der Waals surface area contributed by atoms with Crippen molar-refractivity contribution in [1.82, 2.24) is 0 Å². The number of benzene rings is 2. The van der Waals surface area contributed by atoms with Crippen LogP contribution in [0.4, 0.5) is 18.9 Å². The van der Waals surface area contributed by atoms with Crippen molar-refractivity contribution in [3.63, 3.8) is 0 Å². The lowest BCUT2D eigenvalue weighted by molar-refractivity contribution is -0.137. The van der Waals surface area contributed by atoms with Gasteiger partial charge in [0.05, 0.1) is 5.56 Å². The van der Waals surface area contributed by atoms with Crippen molar-refractivity contribution in [3.05, 3.63) is 58.6 Å². The monoisotopic (exact) mass is 301 g/mol. The van der Waals surface area contributed by atoms with Gasteiger partial charge in [0.25, 0.3) is 0 Å². The van der Waals surface area contributed by atoms with Gasteiger partial charge in [-0.15, -0.1) is 0 Å². The topological polar surface area (TPSA) is 35.2 Å². The molecule has 0 saturated carbocycles. The number of hydrogen-bond acceptors (Lipinski definition) is 2. The van der Waals surface area contributed by atoms with Crippen LogP contribution in [0.1, 0.15) is 11.1 Å². The minimum absolute atomic E-state index is 0.0737. The number of alkyl halides is 3. The van der Waals surface area contributed by atoms with Gasteiger partial charge in [-0.05, 0) is 30.3 Å². The molecule has 0 aliphatic carbocycles. The lowest BCUT2D eigenvalue weighted by atomic mass is 10.2. The zero-order valence-corrected chi connectivity index (χ0v) is 11.0. The van der Waals surface area contributed by atoms with Gasteiger partial charge in [0.15, 0.2) is 0 Å². The third-order valence-corrected chi connectivity index (χ3v) is 2.90. The van der Waals surface area contributed by atoms with E-state index in [1.165, 1.54) is 12.1 Å². The van der Waals surface area contributed by atoms with E-state index in [1.807, 2.05) is 0 Å². The third kappa shape index (κ3) is 3.57. The first kappa shape index (κ1) is 14.5. The number of ether oxygens (including phenoxy) is 1. The van der Waals surface area contributed by atoms with Crippen LogP contribution in [-0.2, 0) is 12.8 Å². The molecule has 0 unspecified atom stereocenters. The Balaban J connectivity index is 2.11. The average molecular weight is 302 g/mol. The number of nitrogens with two attached hydrogens (primary N) is 1. The zero-order valence-electron chi connectivity index (χ0n) is 10.2. The van der Waals surface area contributed by atoms with Crippen molar-refractivity contribution in [2.45, 2.75) is 12.8 Å². The molecule has 0 heterocycles. The first-order valence-electron chi connectivity index (χ1n) is 5.70. The van der Waals surface area contributed by atoms with E-state index in [4.69, 9.17) is 22.1 Å². The largest absolute Gasteiger partial charge is 0.489 e. The van der Waals surface area contributed by atoms with Crippen molar-refractivity contribution >= 4 is 17.3 Å². The van der Waals surface area contributed by atoms with E-state index >= 15 is 0 Å². The van der Waals surface area contributed by atoms with Crippen molar-refractivity contribution in [2.24, 2.45) is 0 Å². The average Bonchev–Trinajstić information content (AvgIpc) is 2.37. The van der Waals surface area contributed by atoms with Crippen molar-refractivity contribution in [3.8, 4) is 5.75 Å². The van der Waals surface area contributed by atoms with Crippen molar-refractivity contribution in [2.75, 3.05) is 5.73 Å². The fraction of sp³-hybridized carbons (Fsp3) is 0.143. The van der Waals surface area contributed by atoms with Crippen LogP contribution in [0.2, 0.25) is 5.02 Å². The van der Waals surface area contributed by atoms with Crippen LogP contribution in [0.15, 0.2) is 42.5 Å². The highest BCUT2D eigenvalue weighted by Crippen LogP contribution is 2.31. The number of rotatable bonds is 3. The number of anilines is 1. The summed E-state index contributed by atoms with van der Waals surface area (Å²) in [5.74, 6) is 0.133. The molecule has 20 heavy (non-hydrogen) atoms. The SMILES string of the molecule is Nc1cc(Cl)ccc1COc1cccc(C(F)(F)F)c1. The Morgan fingerprint density at radius 3 is 2.50 bits per heavy atom. The lowest BCUT2D eigenvalue weighted by Gasteiger charge is -2.11. The second-order valence-corrected chi connectivity index (χ2v) is 4.59. The maximum atomic E-state index is 12.5. The molecule has 2 N–H and O–H groups in total. The molecule has 2 aromatic rings. The minimum Gasteiger partial charge on any atom is -0.489 e. The standard InChI is InChI=1S/C14H11ClF3NO/c15-11-5-4-9(13(19)7-11)8-20-12-3-1-2-10(6-12)14(16,17)18/h1-7H,8,19H2. The van der Waals surface area contributed by atoms with Gasteiger partial charge in [-0.1, -0.05) is 23.7 Å². The van der Waals surface area contributed by atoms with Crippen LogP contribution < -0.4 is 10.5 Å². The molecule has 0 fully saturated rings. The Kier molecular flexibility index (Phi) is 4.09. The first-order valence-corrected chi connectivity index (χ1v) is 6.08. The molecule has 0 spiro atoms. The molecule has 0 saturated heterocycles. The van der Waals surface area contributed by atoms with Crippen LogP contribution in [0.3, 0.4) is 0 Å². The molecule has 6 heteroatoms. The second kappa shape index (κ2) is 5.63. The summed E-state index contributed by atoms with van der Waals surface area (Å²) >= 11 is 5.76. The van der Waals surface area contributed by atoms with Crippen LogP contribution in [0.25, 0.3) is 0 Å². The molecule has 2 rings (SSSR count). The fourth-order valence-corrected chi connectivity index (χ4v) is 1.80. The Morgan fingerprint density at radius 2 is 1.85 bits per heavy atom. The molecule has 0 amide bonds. The first-order chi connectivity index (χ1) is 9.36. The molecular weight excluding hydrogens is 291 g/mol. The quantitative estimate of drug-likeness (QED) is 0.846. The summed E-state index contributed by atoms with van der Waals surface area (Å²) in [5, 5.41) is 0.491. The van der Waals surface area contributed by atoms with Crippen LogP contribution in [-0.4, -0.2) is 0 Å². The minimum atomic E-state index is -4.39. The molecule has 0 aliphatic heterocycles. The molecular formula is C14H11ClF3NO. The third-order valence-electron chi connectivity index (χ3n) is 2.66. The van der Waals surface area contributed by atoms with Crippen molar-refractivity contribution in [1.29, 1.82) is 0 Å². The van der Waals surface area contributed by atoms with E-state index in [1.54, 1.807) is 18.2 Å². The maximum absolute atomic E-state index is 12.5. The highest BCUT2D eigenvalue weighted by atomic mass is 35.5. The van der Waals surface area contributed by atoms with Crippen LogP contribution in [0, 0.1) is 0 Å². The van der Waals surface area contributed by atoms with Crippen molar-refractivity contribution < 1.29 is 17.9 Å². The summed E-state index contributed by atoms with van der Waals surface area (Å²) in [6.45, 7) is 0.0737. The summed E-state index contributed by atoms with van der Waals surface area (Å²) in [6.07, 6.45) is -4.39. The Labute approximate surface area is 118 Å². The normalized spacial score (nSPS) is 11.4. The van der Waals surface area contributed by atoms with E-state index in [0.717, 1.165) is 12.1 Å². The van der Waals surface area contributed by atoms with E-state index in [2.05, 4.69) is 0 Å². The molecule has 0 radical (unpaired) electrons. The summed E-state index contributed by atoms with van der Waals surface area (Å²) < 4.78 is 43.0. The number of nitrogen functional groups attached to an aromatic ring is 1. The van der Waals surface area contributed by atoms with Crippen LogP contribution >= 0.6 is 11.6 Å². The highest BCUT2D eigenvalue weighted by molar-refractivity contribution is 6.30. The van der Waals surface area contributed by atoms with E-state index in [0.29, 0.717) is 16.3 Å². The van der Waals surface area contributed by atoms with Crippen LogP contribution in [0.5, 0.6) is 5.75 Å². The zero-order chi connectivity index (χ0) is 14.8. The van der Waals surface area contributed by atoms with E-state index in [9.17, 15) is 13.2 Å². The summed E-state index contributed by atoms with van der Waals surface area (Å²) in [5.41, 5.74) is 6.08. The highest BCUT2D eigenvalue weighted by Gasteiger charge is 2.30. The Morgan fingerprint density at radius 1 is 1.10 bits per heavy atom. The second-order valence-electron chi connectivity index (χ2n) is 4.16. The molecule has 2 aromatic carbocycles. The number of halogens is 4. The van der Waals surface area contributed by atoms with Gasteiger partial charge in [-0.25, -0.2) is 0 Å². The van der Waals surface area contributed by atoms with Gasteiger partial charge >= 0.3 is 6.18 Å². The van der Waals surface area contributed by atoms with Gasteiger partial charge in [0.2, 0.25) is 0 Å². The summed E-state index contributed by atoms with van der Waals surface area (Å²) in [6, 6.07) is 9.57. The predicted molar refractivity (Wildman–Crippen MR) is 71.6 cm³/mol. The number of hydrogen-bond donors (Lipinski definition) is 1. The molecule has 106 valence electrons. The Hall–Kier alpha value is -1.88. The van der Waals surface area contributed by atoms with E-state index < -0.39 is 11.7 Å². The fourth-order valence-electron chi connectivity index (χ4n) is 1.62. The van der Waals surface area contributed by atoms with Gasteiger partial charge in [-0.3, -0.25) is 0 Å². The van der Waals surface area contributed by atoms with Gasteiger partial charge in [-0.2, -0.15) is 13.2 Å². The van der Waals surface area contributed by atoms with Gasteiger partial charge in [0, 0.05) is 16.3 Å². The van der Waals surface area contributed by atoms with Gasteiger partial charge in [0.1, 0.15) is 12.4 Å². The molecule has 0 aliphatic rings. The van der Waals surface area contributed by atoms with E-state index in [-0.39, 0.29) is 12.4 Å². The predicted octanol–water partition coefficient (Wildman–Crippen LogP) is 4.52. The summed E-state index contributed by atoms with van der Waals surface area (Å²) in [4.78, 5) is 0. The molecule has 0 atom stereocenters. The maximum Gasteiger partial charge on any atom is 0.416 e. The lowest BCUT2D eigenvalue weighted by Crippen LogP contribution is -2.05. The molecule has 2 nitrogen and oxygen atoms in total. The molecule has 0 bridgehead atoms.